The largest absolute Gasteiger partial charge is 0.494 e. The van der Waals surface area contributed by atoms with Gasteiger partial charge in [0.1, 0.15) is 11.5 Å². The van der Waals surface area contributed by atoms with Gasteiger partial charge in [0.25, 0.3) is 0 Å². The fourth-order valence-electron chi connectivity index (χ4n) is 4.59. The fraction of sp³-hybridized carbons (Fsp3) is 0.522. The van der Waals surface area contributed by atoms with Gasteiger partial charge in [0, 0.05) is 30.4 Å². The van der Waals surface area contributed by atoms with Gasteiger partial charge in [-0.1, -0.05) is 11.6 Å². The van der Waals surface area contributed by atoms with Crippen molar-refractivity contribution in [2.24, 2.45) is 0 Å². The molecule has 4 rings (SSSR count). The molecule has 1 aliphatic heterocycles. The molecule has 1 aromatic carbocycles. The summed E-state index contributed by atoms with van der Waals surface area (Å²) in [7, 11) is 5.61. The molecule has 0 saturated heterocycles. The zero-order valence-electron chi connectivity index (χ0n) is 19.4. The van der Waals surface area contributed by atoms with Crippen molar-refractivity contribution >= 4 is 35.1 Å². The average Bonchev–Trinajstić information content (AvgIpc) is 2.80. The van der Waals surface area contributed by atoms with E-state index in [1.807, 2.05) is 6.92 Å². The van der Waals surface area contributed by atoms with Crippen LogP contribution in [0.25, 0.3) is 0 Å². The summed E-state index contributed by atoms with van der Waals surface area (Å²) in [5.74, 6) is 0.395. The number of hydrogen-bond donors (Lipinski definition) is 1. The van der Waals surface area contributed by atoms with Gasteiger partial charge in [-0.15, -0.1) is 0 Å². The second-order valence-electron chi connectivity index (χ2n) is 8.68. The number of aromatic nitrogens is 2. The van der Waals surface area contributed by atoms with Crippen molar-refractivity contribution in [1.82, 2.24) is 14.9 Å². The zero-order valence-corrected chi connectivity index (χ0v) is 20.2. The third kappa shape index (κ3) is 4.56. The molecule has 1 aliphatic carbocycles. The number of rotatable bonds is 6. The first-order valence-electron chi connectivity index (χ1n) is 11.2. The van der Waals surface area contributed by atoms with Crippen molar-refractivity contribution in [3.05, 3.63) is 34.7 Å². The molecule has 10 heteroatoms. The number of halogens is 2. The minimum atomic E-state index is -0.676. The summed E-state index contributed by atoms with van der Waals surface area (Å²) < 4.78 is 20.1. The molecule has 2 aromatic rings. The van der Waals surface area contributed by atoms with Crippen molar-refractivity contribution in [2.75, 3.05) is 42.9 Å². The third-order valence-electron chi connectivity index (χ3n) is 6.49. The van der Waals surface area contributed by atoms with E-state index in [2.05, 4.69) is 34.3 Å². The summed E-state index contributed by atoms with van der Waals surface area (Å²) in [5, 5.41) is 3.57. The molecule has 178 valence electrons. The van der Waals surface area contributed by atoms with E-state index in [4.69, 9.17) is 16.3 Å². The van der Waals surface area contributed by atoms with E-state index in [1.165, 1.54) is 29.0 Å². The number of amides is 2. The number of nitrogens with one attached hydrogen (secondary N) is 1. The Bertz CT molecular complexity index is 1030. The molecule has 0 atom stereocenters. The summed E-state index contributed by atoms with van der Waals surface area (Å²) in [6.45, 7) is 2.34. The number of methoxy groups -OCH3 is 1. The van der Waals surface area contributed by atoms with E-state index in [0.29, 0.717) is 30.4 Å². The Labute approximate surface area is 198 Å². The van der Waals surface area contributed by atoms with Gasteiger partial charge in [0.2, 0.25) is 5.95 Å². The predicted octanol–water partition coefficient (Wildman–Crippen LogP) is 4.53. The van der Waals surface area contributed by atoms with Crippen LogP contribution in [-0.2, 0) is 6.54 Å². The van der Waals surface area contributed by atoms with Crippen molar-refractivity contribution < 1.29 is 13.9 Å². The molecule has 0 spiro atoms. The highest BCUT2D eigenvalue weighted by atomic mass is 35.5. The quantitative estimate of drug-likeness (QED) is 0.660. The van der Waals surface area contributed by atoms with Crippen molar-refractivity contribution in [2.45, 2.75) is 51.2 Å². The highest BCUT2D eigenvalue weighted by Crippen LogP contribution is 2.39. The monoisotopic (exact) mass is 476 g/mol. The molecule has 1 N–H and O–H groups in total. The maximum atomic E-state index is 15.0. The van der Waals surface area contributed by atoms with Crippen LogP contribution >= 0.6 is 11.6 Å². The molecule has 0 bridgehead atoms. The SMILES string of the molecule is CCN1C(=O)N(c2c(Cl)ccc(OC)c2F)Cc2cnc(NC3CCC(N(C)C)CC3)nc21. The molecule has 33 heavy (non-hydrogen) atoms. The predicted molar refractivity (Wildman–Crippen MR) is 128 cm³/mol. The Morgan fingerprint density at radius 1 is 1.27 bits per heavy atom. The number of benzene rings is 1. The van der Waals surface area contributed by atoms with Gasteiger partial charge in [-0.2, -0.15) is 4.98 Å². The zero-order chi connectivity index (χ0) is 23.7. The van der Waals surface area contributed by atoms with Gasteiger partial charge in [0.05, 0.1) is 18.7 Å². The summed E-state index contributed by atoms with van der Waals surface area (Å²) in [6.07, 6.45) is 6.03. The van der Waals surface area contributed by atoms with Crippen LogP contribution in [0.1, 0.15) is 38.2 Å². The minimum Gasteiger partial charge on any atom is -0.494 e. The number of anilines is 3. The van der Waals surface area contributed by atoms with Crippen LogP contribution in [0.3, 0.4) is 0 Å². The first-order chi connectivity index (χ1) is 15.8. The van der Waals surface area contributed by atoms with E-state index in [1.54, 1.807) is 6.20 Å². The molecule has 2 amide bonds. The van der Waals surface area contributed by atoms with Crippen LogP contribution < -0.4 is 19.9 Å². The first-order valence-corrected chi connectivity index (χ1v) is 11.6. The number of hydrogen-bond acceptors (Lipinski definition) is 6. The highest BCUT2D eigenvalue weighted by Gasteiger charge is 2.35. The highest BCUT2D eigenvalue weighted by molar-refractivity contribution is 6.34. The summed E-state index contributed by atoms with van der Waals surface area (Å²) in [4.78, 5) is 27.6. The Hall–Kier alpha value is -2.65. The topological polar surface area (TPSA) is 73.8 Å². The second-order valence-corrected chi connectivity index (χ2v) is 9.09. The third-order valence-corrected chi connectivity index (χ3v) is 6.79. The lowest BCUT2D eigenvalue weighted by Gasteiger charge is -2.36. The Balaban J connectivity index is 1.58. The van der Waals surface area contributed by atoms with Crippen LogP contribution in [0, 0.1) is 5.82 Å². The Morgan fingerprint density at radius 3 is 2.64 bits per heavy atom. The standard InChI is InChI=1S/C23H30ClFN6O2/c1-5-30-21-14(12-26-22(28-21)27-15-6-8-16(9-7-15)29(2)3)13-31(23(30)32)20-17(24)10-11-18(33-4)19(20)25/h10-12,15-16H,5-9,13H2,1-4H3,(H,26,27,28). The molecule has 2 aliphatic rings. The van der Waals surface area contributed by atoms with Gasteiger partial charge in [-0.3, -0.25) is 9.80 Å². The number of nitrogens with zero attached hydrogens (tertiary/aromatic N) is 5. The van der Waals surface area contributed by atoms with Gasteiger partial charge >= 0.3 is 6.03 Å². The summed E-state index contributed by atoms with van der Waals surface area (Å²) >= 11 is 6.29. The number of fused-ring (bicyclic) bond motifs is 1. The van der Waals surface area contributed by atoms with E-state index >= 15 is 4.39 Å². The van der Waals surface area contributed by atoms with Gasteiger partial charge < -0.3 is 15.0 Å². The molecule has 0 radical (unpaired) electrons. The number of carbonyl (C=O) groups is 1. The van der Waals surface area contributed by atoms with Crippen molar-refractivity contribution in [3.63, 3.8) is 0 Å². The average molecular weight is 477 g/mol. The van der Waals surface area contributed by atoms with Crippen LogP contribution in [0.5, 0.6) is 5.75 Å². The summed E-state index contributed by atoms with van der Waals surface area (Å²) in [5.41, 5.74) is 0.710. The van der Waals surface area contributed by atoms with Crippen LogP contribution in [0.2, 0.25) is 5.02 Å². The lowest BCUT2D eigenvalue weighted by Crippen LogP contribution is -2.48. The molecular weight excluding hydrogens is 447 g/mol. The van der Waals surface area contributed by atoms with Gasteiger partial charge in [0.15, 0.2) is 11.6 Å². The van der Waals surface area contributed by atoms with Gasteiger partial charge in [-0.25, -0.2) is 14.2 Å². The van der Waals surface area contributed by atoms with Crippen molar-refractivity contribution in [1.29, 1.82) is 0 Å². The van der Waals surface area contributed by atoms with Crippen molar-refractivity contribution in [3.8, 4) is 5.75 Å². The fourth-order valence-corrected chi connectivity index (χ4v) is 4.84. The van der Waals surface area contributed by atoms with Crippen LogP contribution in [-0.4, -0.2) is 60.7 Å². The van der Waals surface area contributed by atoms with E-state index in [0.717, 1.165) is 31.2 Å². The van der Waals surface area contributed by atoms with Crippen LogP contribution in [0.4, 0.5) is 26.6 Å². The number of urea groups is 1. The maximum Gasteiger partial charge on any atom is 0.330 e. The molecular formula is C23H30ClFN6O2. The molecule has 0 unspecified atom stereocenters. The molecule has 1 aromatic heterocycles. The first kappa shape index (κ1) is 23.5. The van der Waals surface area contributed by atoms with E-state index in [9.17, 15) is 4.79 Å². The lowest BCUT2D eigenvalue weighted by atomic mass is 9.91. The Kier molecular flexibility index (Phi) is 6.90. The minimum absolute atomic E-state index is 0.00929. The molecule has 1 saturated carbocycles. The molecule has 1 fully saturated rings. The maximum absolute atomic E-state index is 15.0. The lowest BCUT2D eigenvalue weighted by molar-refractivity contribution is 0.221. The van der Waals surface area contributed by atoms with E-state index < -0.39 is 11.8 Å². The van der Waals surface area contributed by atoms with Crippen LogP contribution in [0.15, 0.2) is 18.3 Å². The Morgan fingerprint density at radius 2 is 2.00 bits per heavy atom. The normalized spacial score (nSPS) is 20.8. The smallest absolute Gasteiger partial charge is 0.330 e. The molecule has 2 heterocycles. The van der Waals surface area contributed by atoms with Gasteiger partial charge in [-0.05, 0) is 58.8 Å². The number of carbonyl (C=O) groups excluding carboxylic acids is 1. The summed E-state index contributed by atoms with van der Waals surface area (Å²) in [6, 6.07) is 3.47. The molecule has 8 nitrogen and oxygen atoms in total. The second kappa shape index (κ2) is 9.69. The number of ether oxygens (including phenoxy) is 1. The van der Waals surface area contributed by atoms with E-state index in [-0.39, 0.29) is 23.0 Å².